The molecule has 4 nitrogen and oxygen atoms in total. The normalized spacial score (nSPS) is 13.0. The van der Waals surface area contributed by atoms with Crippen LogP contribution in [0.1, 0.15) is 42.3 Å². The topological polar surface area (TPSA) is 45.5 Å². The lowest BCUT2D eigenvalue weighted by molar-refractivity contribution is -0.124. The fourth-order valence-electron chi connectivity index (χ4n) is 2.99. The maximum atomic E-state index is 12.9. The van der Waals surface area contributed by atoms with Gasteiger partial charge in [0.25, 0.3) is 0 Å². The van der Waals surface area contributed by atoms with Gasteiger partial charge >= 0.3 is 0 Å². The fraction of sp³-hybridized carbons (Fsp3) is 0.381. The minimum atomic E-state index is -0.0554. The number of rotatable bonds is 8. The largest absolute Gasteiger partial charge is 0.468 e. The summed E-state index contributed by atoms with van der Waals surface area (Å²) in [6.07, 6.45) is 1.67. The molecule has 27 heavy (non-hydrogen) atoms. The minimum Gasteiger partial charge on any atom is -0.468 e. The zero-order valence-electron chi connectivity index (χ0n) is 16.0. The average molecular weight is 403 g/mol. The van der Waals surface area contributed by atoms with Crippen LogP contribution in [0.15, 0.2) is 57.8 Å². The van der Waals surface area contributed by atoms with Gasteiger partial charge in [-0.05, 0) is 40.4 Å². The molecule has 0 saturated heterocycles. The van der Waals surface area contributed by atoms with Crippen molar-refractivity contribution in [3.63, 3.8) is 0 Å². The van der Waals surface area contributed by atoms with Gasteiger partial charge in [-0.2, -0.15) is 0 Å². The van der Waals surface area contributed by atoms with E-state index < -0.39 is 0 Å². The number of carbonyl (C=O) groups excluding carboxylic acids is 1. The van der Waals surface area contributed by atoms with E-state index >= 15 is 0 Å². The Kier molecular flexibility index (Phi) is 6.52. The smallest absolute Gasteiger partial charge is 0.234 e. The molecule has 1 atom stereocenters. The number of thiophene rings is 2. The Balaban J connectivity index is 1.69. The SMILES string of the molecule is CC(C)(C)C(NC(=O)CN(Cc1ccco1)Cc1cccs1)c1cccs1. The van der Waals surface area contributed by atoms with E-state index in [2.05, 4.69) is 53.9 Å². The number of furan rings is 1. The lowest BCUT2D eigenvalue weighted by Gasteiger charge is -2.31. The van der Waals surface area contributed by atoms with Crippen molar-refractivity contribution in [2.45, 2.75) is 39.9 Å². The predicted octanol–water partition coefficient (Wildman–Crippen LogP) is 5.31. The molecule has 3 heterocycles. The van der Waals surface area contributed by atoms with Crippen LogP contribution in [-0.2, 0) is 17.9 Å². The Morgan fingerprint density at radius 2 is 1.89 bits per heavy atom. The number of hydrogen-bond acceptors (Lipinski definition) is 5. The molecule has 0 aliphatic carbocycles. The number of nitrogens with zero attached hydrogens (tertiary/aromatic N) is 1. The van der Waals surface area contributed by atoms with Gasteiger partial charge < -0.3 is 9.73 Å². The molecular formula is C21H26N2O2S2. The summed E-state index contributed by atoms with van der Waals surface area (Å²) in [5.74, 6) is 0.899. The van der Waals surface area contributed by atoms with Gasteiger partial charge in [0.05, 0.1) is 25.4 Å². The molecular weight excluding hydrogens is 376 g/mol. The van der Waals surface area contributed by atoms with Crippen LogP contribution < -0.4 is 5.32 Å². The van der Waals surface area contributed by atoms with Gasteiger partial charge in [0.1, 0.15) is 5.76 Å². The molecule has 3 rings (SSSR count). The molecule has 0 aliphatic heterocycles. The third-order valence-electron chi connectivity index (χ3n) is 4.29. The Hall–Kier alpha value is -1.89. The fourth-order valence-corrected chi connectivity index (χ4v) is 4.76. The van der Waals surface area contributed by atoms with Crippen LogP contribution in [0.3, 0.4) is 0 Å². The van der Waals surface area contributed by atoms with Crippen LogP contribution in [0.25, 0.3) is 0 Å². The number of amides is 1. The van der Waals surface area contributed by atoms with E-state index in [1.165, 1.54) is 9.75 Å². The Morgan fingerprint density at radius 1 is 1.11 bits per heavy atom. The molecule has 3 aromatic heterocycles. The second kappa shape index (κ2) is 8.87. The molecule has 1 amide bonds. The summed E-state index contributed by atoms with van der Waals surface area (Å²) < 4.78 is 5.49. The highest BCUT2D eigenvalue weighted by molar-refractivity contribution is 7.10. The third kappa shape index (κ3) is 5.79. The van der Waals surface area contributed by atoms with Crippen molar-refractivity contribution in [1.29, 1.82) is 0 Å². The van der Waals surface area contributed by atoms with Crippen LogP contribution in [0, 0.1) is 5.41 Å². The number of carbonyl (C=O) groups is 1. The van der Waals surface area contributed by atoms with Gasteiger partial charge in [0.15, 0.2) is 0 Å². The van der Waals surface area contributed by atoms with Gasteiger partial charge in [-0.3, -0.25) is 9.69 Å². The summed E-state index contributed by atoms with van der Waals surface area (Å²) in [6.45, 7) is 8.14. The molecule has 0 fully saturated rings. The van der Waals surface area contributed by atoms with Crippen LogP contribution >= 0.6 is 22.7 Å². The van der Waals surface area contributed by atoms with Crippen LogP contribution in [0.2, 0.25) is 0 Å². The van der Waals surface area contributed by atoms with Gasteiger partial charge in [-0.25, -0.2) is 0 Å². The van der Waals surface area contributed by atoms with Crippen molar-refractivity contribution >= 4 is 28.6 Å². The Labute approximate surface area is 168 Å². The monoisotopic (exact) mass is 402 g/mol. The molecule has 3 aromatic rings. The van der Waals surface area contributed by atoms with Crippen molar-refractivity contribution in [3.05, 3.63) is 68.9 Å². The van der Waals surface area contributed by atoms with Gasteiger partial charge in [-0.15, -0.1) is 22.7 Å². The van der Waals surface area contributed by atoms with Crippen LogP contribution in [0.4, 0.5) is 0 Å². The van der Waals surface area contributed by atoms with Crippen molar-refractivity contribution < 1.29 is 9.21 Å². The highest BCUT2D eigenvalue weighted by Gasteiger charge is 2.29. The first kappa shape index (κ1) is 19.9. The molecule has 0 aromatic carbocycles. The zero-order valence-corrected chi connectivity index (χ0v) is 17.6. The average Bonchev–Trinajstić information content (AvgIpc) is 3.35. The summed E-state index contributed by atoms with van der Waals surface area (Å²) in [5.41, 5.74) is -0.0554. The second-order valence-electron chi connectivity index (χ2n) is 7.69. The lowest BCUT2D eigenvalue weighted by atomic mass is 9.85. The molecule has 1 unspecified atom stereocenters. The van der Waals surface area contributed by atoms with E-state index in [0.29, 0.717) is 13.1 Å². The van der Waals surface area contributed by atoms with E-state index in [9.17, 15) is 4.79 Å². The van der Waals surface area contributed by atoms with Gasteiger partial charge in [-0.1, -0.05) is 32.9 Å². The molecule has 6 heteroatoms. The standard InChI is InChI=1S/C21H26N2O2S2/c1-21(2,3)20(18-9-6-12-27-18)22-19(24)15-23(13-16-7-4-10-25-16)14-17-8-5-11-26-17/h4-12,20H,13-15H2,1-3H3,(H,22,24). The van der Waals surface area contributed by atoms with E-state index in [1.54, 1.807) is 28.9 Å². The van der Waals surface area contributed by atoms with Crippen molar-refractivity contribution in [3.8, 4) is 0 Å². The molecule has 0 aliphatic rings. The van der Waals surface area contributed by atoms with Gasteiger partial charge in [0, 0.05) is 16.3 Å². The first-order valence-electron chi connectivity index (χ1n) is 9.01. The molecule has 0 radical (unpaired) electrons. The maximum Gasteiger partial charge on any atom is 0.234 e. The van der Waals surface area contributed by atoms with Crippen molar-refractivity contribution in [2.75, 3.05) is 6.54 Å². The van der Waals surface area contributed by atoms with Crippen LogP contribution in [0.5, 0.6) is 0 Å². The number of hydrogen-bond donors (Lipinski definition) is 1. The molecule has 144 valence electrons. The first-order chi connectivity index (χ1) is 12.9. The molecule has 0 bridgehead atoms. The second-order valence-corrected chi connectivity index (χ2v) is 9.70. The van der Waals surface area contributed by atoms with Crippen molar-refractivity contribution in [1.82, 2.24) is 10.2 Å². The maximum absolute atomic E-state index is 12.9. The van der Waals surface area contributed by atoms with Gasteiger partial charge in [0.2, 0.25) is 5.91 Å². The first-order valence-corrected chi connectivity index (χ1v) is 10.8. The summed E-state index contributed by atoms with van der Waals surface area (Å²) in [5, 5.41) is 7.37. The summed E-state index contributed by atoms with van der Waals surface area (Å²) in [7, 11) is 0. The minimum absolute atomic E-state index is 0.00259. The summed E-state index contributed by atoms with van der Waals surface area (Å²) in [4.78, 5) is 17.4. The predicted molar refractivity (Wildman–Crippen MR) is 112 cm³/mol. The van der Waals surface area contributed by atoms with E-state index in [4.69, 9.17) is 4.42 Å². The zero-order chi connectivity index (χ0) is 19.3. The summed E-state index contributed by atoms with van der Waals surface area (Å²) in [6, 6.07) is 12.1. The third-order valence-corrected chi connectivity index (χ3v) is 6.08. The van der Waals surface area contributed by atoms with E-state index in [1.807, 2.05) is 24.3 Å². The summed E-state index contributed by atoms with van der Waals surface area (Å²) >= 11 is 3.39. The Bertz CT molecular complexity index is 767. The molecule has 1 N–H and O–H groups in total. The van der Waals surface area contributed by atoms with E-state index in [0.717, 1.165) is 12.3 Å². The molecule has 0 saturated carbocycles. The quantitative estimate of drug-likeness (QED) is 0.555. The Morgan fingerprint density at radius 3 is 2.48 bits per heavy atom. The van der Waals surface area contributed by atoms with E-state index in [-0.39, 0.29) is 17.4 Å². The van der Waals surface area contributed by atoms with Crippen LogP contribution in [-0.4, -0.2) is 17.4 Å². The molecule has 0 spiro atoms. The number of nitrogens with one attached hydrogen (secondary N) is 1. The van der Waals surface area contributed by atoms with Crippen molar-refractivity contribution in [2.24, 2.45) is 5.41 Å². The highest BCUT2D eigenvalue weighted by Crippen LogP contribution is 2.35. The highest BCUT2D eigenvalue weighted by atomic mass is 32.1. The lowest BCUT2D eigenvalue weighted by Crippen LogP contribution is -2.42.